The van der Waals surface area contributed by atoms with E-state index in [-0.39, 0.29) is 33.9 Å². The van der Waals surface area contributed by atoms with Gasteiger partial charge in [0.15, 0.2) is 17.7 Å². The van der Waals surface area contributed by atoms with Crippen molar-refractivity contribution < 1.29 is 14.2 Å². The van der Waals surface area contributed by atoms with Crippen LogP contribution in [0.3, 0.4) is 0 Å². The Kier molecular flexibility index (Phi) is 3.22. The fraction of sp³-hybridized carbons (Fsp3) is 0.842. The Bertz CT molecular complexity index is 663. The molecule has 1 saturated carbocycles. The first-order chi connectivity index (χ1) is 11.4. The first-order valence-corrected chi connectivity index (χ1v) is 9.12. The SMILES string of the molecule is CC1(C)COC([C@H]2[C@H](C3=NC(C)(C)CO3)C2(C)C2=NC(C)(C)CO2)=N1. The lowest BCUT2D eigenvalue weighted by Crippen LogP contribution is -2.20. The molecule has 0 bridgehead atoms. The minimum Gasteiger partial charge on any atom is -0.478 e. The van der Waals surface area contributed by atoms with Crippen LogP contribution in [0.4, 0.5) is 0 Å². The van der Waals surface area contributed by atoms with E-state index in [4.69, 9.17) is 29.2 Å². The topological polar surface area (TPSA) is 64.8 Å². The van der Waals surface area contributed by atoms with Crippen LogP contribution in [0.1, 0.15) is 48.5 Å². The Morgan fingerprint density at radius 1 is 0.640 bits per heavy atom. The van der Waals surface area contributed by atoms with Crippen molar-refractivity contribution in [2.24, 2.45) is 32.2 Å². The lowest BCUT2D eigenvalue weighted by Gasteiger charge is -2.11. The number of hydrogen-bond donors (Lipinski definition) is 0. The normalized spacial score (nSPS) is 39.7. The van der Waals surface area contributed by atoms with Gasteiger partial charge in [0.1, 0.15) is 19.8 Å². The zero-order valence-electron chi connectivity index (χ0n) is 16.3. The van der Waals surface area contributed by atoms with Crippen molar-refractivity contribution in [3.05, 3.63) is 0 Å². The van der Waals surface area contributed by atoms with Crippen LogP contribution < -0.4 is 0 Å². The minimum absolute atomic E-state index is 0.0783. The molecule has 0 aromatic carbocycles. The molecule has 2 atom stereocenters. The van der Waals surface area contributed by atoms with Gasteiger partial charge in [-0.15, -0.1) is 0 Å². The third kappa shape index (κ3) is 2.64. The first kappa shape index (κ1) is 16.9. The van der Waals surface area contributed by atoms with E-state index in [9.17, 15) is 0 Å². The highest BCUT2D eigenvalue weighted by Crippen LogP contribution is 2.63. The van der Waals surface area contributed by atoms with Gasteiger partial charge in [-0.2, -0.15) is 0 Å². The van der Waals surface area contributed by atoms with E-state index in [1.165, 1.54) is 0 Å². The van der Waals surface area contributed by atoms with Crippen LogP contribution in [0.2, 0.25) is 0 Å². The monoisotopic (exact) mass is 347 g/mol. The smallest absolute Gasteiger partial charge is 0.191 e. The molecule has 25 heavy (non-hydrogen) atoms. The van der Waals surface area contributed by atoms with Crippen molar-refractivity contribution in [1.29, 1.82) is 0 Å². The summed E-state index contributed by atoms with van der Waals surface area (Å²) in [6.07, 6.45) is 0. The van der Waals surface area contributed by atoms with Gasteiger partial charge in [0.05, 0.1) is 33.9 Å². The molecule has 3 heterocycles. The first-order valence-electron chi connectivity index (χ1n) is 9.12. The largest absolute Gasteiger partial charge is 0.478 e. The summed E-state index contributed by atoms with van der Waals surface area (Å²) in [5, 5.41) is 0. The second kappa shape index (κ2) is 4.77. The van der Waals surface area contributed by atoms with Crippen molar-refractivity contribution in [2.75, 3.05) is 19.8 Å². The summed E-state index contributed by atoms with van der Waals surface area (Å²) >= 11 is 0. The quantitative estimate of drug-likeness (QED) is 0.788. The molecule has 0 radical (unpaired) electrons. The third-order valence-corrected chi connectivity index (χ3v) is 5.45. The molecule has 0 saturated heterocycles. The summed E-state index contributed by atoms with van der Waals surface area (Å²) < 4.78 is 17.9. The Balaban J connectivity index is 1.71. The van der Waals surface area contributed by atoms with Crippen LogP contribution in [0, 0.1) is 17.3 Å². The lowest BCUT2D eigenvalue weighted by molar-refractivity contribution is 0.256. The van der Waals surface area contributed by atoms with E-state index in [0.29, 0.717) is 19.8 Å². The van der Waals surface area contributed by atoms with Gasteiger partial charge in [0.2, 0.25) is 0 Å². The highest BCUT2D eigenvalue weighted by molar-refractivity contribution is 6.06. The van der Waals surface area contributed by atoms with Crippen LogP contribution >= 0.6 is 0 Å². The van der Waals surface area contributed by atoms with Crippen molar-refractivity contribution >= 4 is 17.7 Å². The van der Waals surface area contributed by atoms with Crippen molar-refractivity contribution in [3.63, 3.8) is 0 Å². The van der Waals surface area contributed by atoms with E-state index in [2.05, 4.69) is 48.5 Å². The van der Waals surface area contributed by atoms with Crippen LogP contribution in [0.25, 0.3) is 0 Å². The maximum absolute atomic E-state index is 6.01. The fourth-order valence-corrected chi connectivity index (χ4v) is 3.98. The van der Waals surface area contributed by atoms with E-state index in [0.717, 1.165) is 17.7 Å². The van der Waals surface area contributed by atoms with Gasteiger partial charge in [-0.3, -0.25) is 0 Å². The van der Waals surface area contributed by atoms with Crippen molar-refractivity contribution in [2.45, 2.75) is 65.1 Å². The van der Waals surface area contributed by atoms with E-state index >= 15 is 0 Å². The summed E-state index contributed by atoms with van der Waals surface area (Å²) in [7, 11) is 0. The number of ether oxygens (including phenoxy) is 3. The Morgan fingerprint density at radius 3 is 1.36 bits per heavy atom. The molecular formula is C19H29N3O3. The summed E-state index contributed by atoms with van der Waals surface area (Å²) in [5.41, 5.74) is -0.852. The average molecular weight is 347 g/mol. The summed E-state index contributed by atoms with van der Waals surface area (Å²) in [6, 6.07) is 0. The zero-order chi connectivity index (χ0) is 18.3. The van der Waals surface area contributed by atoms with Crippen LogP contribution in [-0.4, -0.2) is 54.1 Å². The van der Waals surface area contributed by atoms with Gasteiger partial charge in [-0.05, 0) is 48.5 Å². The maximum atomic E-state index is 6.01. The Morgan fingerprint density at radius 2 is 1.04 bits per heavy atom. The summed E-state index contributed by atoms with van der Waals surface area (Å²) in [4.78, 5) is 14.5. The molecule has 0 N–H and O–H groups in total. The molecule has 1 fully saturated rings. The fourth-order valence-electron chi connectivity index (χ4n) is 3.98. The molecule has 0 unspecified atom stereocenters. The van der Waals surface area contributed by atoms with Gasteiger partial charge in [0.25, 0.3) is 0 Å². The van der Waals surface area contributed by atoms with Crippen molar-refractivity contribution in [1.82, 2.24) is 0 Å². The van der Waals surface area contributed by atoms with Gasteiger partial charge in [-0.25, -0.2) is 15.0 Å². The van der Waals surface area contributed by atoms with E-state index < -0.39 is 0 Å². The molecule has 4 aliphatic rings. The minimum atomic E-state index is -0.299. The highest BCUT2D eigenvalue weighted by atomic mass is 16.5. The third-order valence-electron chi connectivity index (χ3n) is 5.45. The molecule has 0 spiro atoms. The number of rotatable bonds is 3. The molecule has 6 nitrogen and oxygen atoms in total. The van der Waals surface area contributed by atoms with Crippen LogP contribution in [0.15, 0.2) is 15.0 Å². The summed E-state index contributed by atoms with van der Waals surface area (Å²) in [5.74, 6) is 2.54. The Labute approximate surface area is 149 Å². The molecule has 6 heteroatoms. The number of hydrogen-bond acceptors (Lipinski definition) is 6. The molecule has 1 aliphatic carbocycles. The molecule has 3 aliphatic heterocycles. The van der Waals surface area contributed by atoms with E-state index in [1.54, 1.807) is 0 Å². The van der Waals surface area contributed by atoms with E-state index in [1.807, 2.05) is 0 Å². The lowest BCUT2D eigenvalue weighted by atomic mass is 10.0. The molecule has 0 amide bonds. The maximum Gasteiger partial charge on any atom is 0.191 e. The van der Waals surface area contributed by atoms with Gasteiger partial charge in [-0.1, -0.05) is 0 Å². The zero-order valence-corrected chi connectivity index (χ0v) is 16.3. The highest BCUT2D eigenvalue weighted by Gasteiger charge is 2.73. The van der Waals surface area contributed by atoms with Gasteiger partial charge in [0, 0.05) is 0 Å². The van der Waals surface area contributed by atoms with Gasteiger partial charge >= 0.3 is 0 Å². The molecule has 4 rings (SSSR count). The van der Waals surface area contributed by atoms with Crippen LogP contribution in [-0.2, 0) is 14.2 Å². The summed E-state index contributed by atoms with van der Waals surface area (Å²) in [6.45, 7) is 16.6. The van der Waals surface area contributed by atoms with Crippen molar-refractivity contribution in [3.8, 4) is 0 Å². The standard InChI is InChI=1S/C19H29N3O3/c1-16(2)8-23-13(20-16)11-12(14-21-17(3,4)9-24-14)19(11,7)15-22-18(5,6)10-25-15/h11-12H,8-10H2,1-7H3/t11-,12-/m1/s1. The molecule has 138 valence electrons. The second-order valence-corrected chi connectivity index (χ2v) is 9.86. The Hall–Kier alpha value is -1.59. The predicted octanol–water partition coefficient (Wildman–Crippen LogP) is 2.86. The average Bonchev–Trinajstić information content (AvgIpc) is 2.82. The number of nitrogens with zero attached hydrogens (tertiary/aromatic N) is 3. The van der Waals surface area contributed by atoms with Gasteiger partial charge < -0.3 is 14.2 Å². The predicted molar refractivity (Wildman–Crippen MR) is 97.5 cm³/mol. The van der Waals surface area contributed by atoms with Crippen LogP contribution in [0.5, 0.6) is 0 Å². The number of aliphatic imine (C=N–C) groups is 3. The molecular weight excluding hydrogens is 318 g/mol. The molecule has 0 aromatic rings. The molecule has 0 aromatic heterocycles. The second-order valence-electron chi connectivity index (χ2n) is 9.86.